The van der Waals surface area contributed by atoms with E-state index in [-0.39, 0.29) is 23.1 Å². The molecule has 5 nitrogen and oxygen atoms in total. The molecule has 0 aliphatic carbocycles. The Labute approximate surface area is 234 Å². The van der Waals surface area contributed by atoms with Crippen LogP contribution < -0.4 is 10.1 Å². The highest BCUT2D eigenvalue weighted by molar-refractivity contribution is 6.32. The SMILES string of the molecule is FC(F)(F)c1ccccc1OCc1cc(-c2ccccc2)ccc1C1=CCNCC1.O=C(O)c1cccnc1Cl. The number of halogens is 4. The molecule has 3 aromatic carbocycles. The molecule has 0 bridgehead atoms. The number of nitrogens with zero attached hydrogens (tertiary/aromatic N) is 1. The Morgan fingerprint density at radius 1 is 0.975 bits per heavy atom. The lowest BCUT2D eigenvalue weighted by molar-refractivity contribution is -0.139. The van der Waals surface area contributed by atoms with E-state index in [1.807, 2.05) is 42.5 Å². The van der Waals surface area contributed by atoms with Crippen LogP contribution in [-0.4, -0.2) is 29.1 Å². The number of nitrogens with one attached hydrogen (secondary N) is 1. The second-order valence-corrected chi connectivity index (χ2v) is 9.21. The van der Waals surface area contributed by atoms with Crippen molar-refractivity contribution in [1.29, 1.82) is 0 Å². The van der Waals surface area contributed by atoms with Crippen molar-refractivity contribution in [3.8, 4) is 16.9 Å². The first kappa shape index (κ1) is 28.9. The molecule has 206 valence electrons. The van der Waals surface area contributed by atoms with Crippen LogP contribution in [0, 0.1) is 0 Å². The van der Waals surface area contributed by atoms with Gasteiger partial charge in [-0.25, -0.2) is 9.78 Å². The molecule has 2 N–H and O–H groups in total. The Morgan fingerprint density at radius 3 is 2.38 bits per heavy atom. The van der Waals surface area contributed by atoms with Crippen LogP contribution in [0.4, 0.5) is 13.2 Å². The number of para-hydroxylation sites is 1. The van der Waals surface area contributed by atoms with Crippen LogP contribution >= 0.6 is 11.6 Å². The van der Waals surface area contributed by atoms with Crippen LogP contribution in [-0.2, 0) is 12.8 Å². The van der Waals surface area contributed by atoms with Crippen LogP contribution in [0.2, 0.25) is 5.15 Å². The van der Waals surface area contributed by atoms with Gasteiger partial charge in [0.15, 0.2) is 0 Å². The first-order chi connectivity index (χ1) is 19.2. The van der Waals surface area contributed by atoms with Crippen molar-refractivity contribution in [2.24, 2.45) is 0 Å². The van der Waals surface area contributed by atoms with Crippen LogP contribution in [0.5, 0.6) is 5.75 Å². The van der Waals surface area contributed by atoms with E-state index in [0.29, 0.717) is 0 Å². The summed E-state index contributed by atoms with van der Waals surface area (Å²) in [5.74, 6) is -1.21. The Balaban J connectivity index is 0.000000312. The number of ether oxygens (including phenoxy) is 1. The number of hydrogen-bond donors (Lipinski definition) is 2. The molecule has 1 aliphatic heterocycles. The summed E-state index contributed by atoms with van der Waals surface area (Å²) in [6, 6.07) is 24.3. The molecule has 5 rings (SSSR count). The highest BCUT2D eigenvalue weighted by Gasteiger charge is 2.34. The molecule has 0 unspecified atom stereocenters. The fourth-order valence-corrected chi connectivity index (χ4v) is 4.43. The van der Waals surface area contributed by atoms with Gasteiger partial charge in [-0.15, -0.1) is 0 Å². The van der Waals surface area contributed by atoms with E-state index in [9.17, 15) is 18.0 Å². The third-order valence-electron chi connectivity index (χ3n) is 6.19. The third kappa shape index (κ3) is 7.49. The zero-order valence-corrected chi connectivity index (χ0v) is 22.0. The summed E-state index contributed by atoms with van der Waals surface area (Å²) in [6.07, 6.45) is -0.0113. The third-order valence-corrected chi connectivity index (χ3v) is 6.49. The van der Waals surface area contributed by atoms with Gasteiger partial charge < -0.3 is 15.2 Å². The van der Waals surface area contributed by atoms with Gasteiger partial charge in [0.2, 0.25) is 0 Å². The van der Waals surface area contributed by atoms with Gasteiger partial charge in [0.25, 0.3) is 0 Å². The average Bonchev–Trinajstić information content (AvgIpc) is 2.97. The van der Waals surface area contributed by atoms with Gasteiger partial charge in [-0.2, -0.15) is 13.2 Å². The molecule has 0 amide bonds. The minimum absolute atomic E-state index is 0.0231. The maximum Gasteiger partial charge on any atom is 0.419 e. The summed E-state index contributed by atoms with van der Waals surface area (Å²) < 4.78 is 45.7. The van der Waals surface area contributed by atoms with E-state index in [1.54, 1.807) is 6.07 Å². The predicted molar refractivity (Wildman–Crippen MR) is 149 cm³/mol. The smallest absolute Gasteiger partial charge is 0.419 e. The number of hydrogen-bond acceptors (Lipinski definition) is 4. The zero-order valence-electron chi connectivity index (χ0n) is 21.3. The lowest BCUT2D eigenvalue weighted by Gasteiger charge is -2.20. The zero-order chi connectivity index (χ0) is 28.5. The normalized spacial score (nSPS) is 13.1. The van der Waals surface area contributed by atoms with Crippen molar-refractivity contribution in [1.82, 2.24) is 10.3 Å². The molecule has 1 aromatic heterocycles. The Hall–Kier alpha value is -4.14. The number of carboxylic acid groups (broad SMARTS) is 1. The van der Waals surface area contributed by atoms with Gasteiger partial charge in [-0.3, -0.25) is 0 Å². The molecular weight excluding hydrogens is 541 g/mol. The molecule has 0 radical (unpaired) electrons. The van der Waals surface area contributed by atoms with Gasteiger partial charge in [0.05, 0.1) is 11.1 Å². The Morgan fingerprint density at radius 2 is 1.73 bits per heavy atom. The summed E-state index contributed by atoms with van der Waals surface area (Å²) in [5.41, 5.74) is 4.44. The number of benzene rings is 3. The van der Waals surface area contributed by atoms with Gasteiger partial charge in [0.1, 0.15) is 17.5 Å². The van der Waals surface area contributed by atoms with Crippen LogP contribution in [0.1, 0.15) is 33.5 Å². The maximum absolute atomic E-state index is 13.3. The van der Waals surface area contributed by atoms with E-state index >= 15 is 0 Å². The van der Waals surface area contributed by atoms with E-state index in [4.69, 9.17) is 21.4 Å². The predicted octanol–water partition coefficient (Wildman–Crippen LogP) is 7.76. The van der Waals surface area contributed by atoms with Crippen LogP contribution in [0.3, 0.4) is 0 Å². The van der Waals surface area contributed by atoms with Crippen molar-refractivity contribution in [3.05, 3.63) is 125 Å². The molecule has 0 saturated heterocycles. The highest BCUT2D eigenvalue weighted by Crippen LogP contribution is 2.37. The van der Waals surface area contributed by atoms with E-state index in [1.165, 1.54) is 36.0 Å². The molecule has 0 atom stereocenters. The monoisotopic (exact) mass is 566 g/mol. The van der Waals surface area contributed by atoms with Crippen molar-refractivity contribution >= 4 is 23.1 Å². The second kappa shape index (κ2) is 13.3. The summed E-state index contributed by atoms with van der Waals surface area (Å²) in [5, 5.41) is 11.8. The molecule has 0 fully saturated rings. The maximum atomic E-state index is 13.3. The molecule has 0 saturated carbocycles. The van der Waals surface area contributed by atoms with Crippen molar-refractivity contribution < 1.29 is 27.8 Å². The molecule has 1 aliphatic rings. The first-order valence-corrected chi connectivity index (χ1v) is 12.8. The van der Waals surface area contributed by atoms with Gasteiger partial charge >= 0.3 is 12.1 Å². The number of alkyl halides is 3. The lowest BCUT2D eigenvalue weighted by atomic mass is 9.92. The Kier molecular flexibility index (Phi) is 9.58. The summed E-state index contributed by atoms with van der Waals surface area (Å²) >= 11 is 5.43. The van der Waals surface area contributed by atoms with Gasteiger partial charge in [-0.05, 0) is 71.1 Å². The van der Waals surface area contributed by atoms with E-state index in [2.05, 4.69) is 22.4 Å². The first-order valence-electron chi connectivity index (χ1n) is 12.5. The average molecular weight is 567 g/mol. The largest absolute Gasteiger partial charge is 0.488 e. The second-order valence-electron chi connectivity index (χ2n) is 8.85. The number of pyridine rings is 1. The quantitative estimate of drug-likeness (QED) is 0.233. The van der Waals surface area contributed by atoms with E-state index < -0.39 is 17.7 Å². The number of aromatic carboxylic acids is 1. The number of aromatic nitrogens is 1. The lowest BCUT2D eigenvalue weighted by Crippen LogP contribution is -2.20. The fraction of sp³-hybridized carbons (Fsp3) is 0.161. The molecular formula is C31H26ClF3N2O3. The summed E-state index contributed by atoms with van der Waals surface area (Å²) in [4.78, 5) is 13.9. The van der Waals surface area contributed by atoms with Crippen molar-refractivity contribution in [2.75, 3.05) is 13.1 Å². The molecule has 2 heterocycles. The number of carbonyl (C=O) groups is 1. The molecule has 0 spiro atoms. The van der Waals surface area contributed by atoms with Crippen molar-refractivity contribution in [3.63, 3.8) is 0 Å². The van der Waals surface area contributed by atoms with E-state index in [0.717, 1.165) is 47.8 Å². The minimum Gasteiger partial charge on any atom is -0.488 e. The van der Waals surface area contributed by atoms with Crippen LogP contribution in [0.25, 0.3) is 16.7 Å². The van der Waals surface area contributed by atoms with Crippen LogP contribution in [0.15, 0.2) is 97.2 Å². The number of rotatable bonds is 6. The van der Waals surface area contributed by atoms with Gasteiger partial charge in [-0.1, -0.05) is 72.3 Å². The van der Waals surface area contributed by atoms with Gasteiger partial charge in [0, 0.05) is 12.7 Å². The molecule has 9 heteroatoms. The Bertz CT molecular complexity index is 1490. The van der Waals surface area contributed by atoms with Crippen molar-refractivity contribution in [2.45, 2.75) is 19.2 Å². The summed E-state index contributed by atoms with van der Waals surface area (Å²) in [6.45, 7) is 1.73. The minimum atomic E-state index is -4.46. The summed E-state index contributed by atoms with van der Waals surface area (Å²) in [7, 11) is 0. The topological polar surface area (TPSA) is 71.5 Å². The number of carboxylic acids is 1. The fourth-order valence-electron chi connectivity index (χ4n) is 4.23. The molecule has 40 heavy (non-hydrogen) atoms. The standard InChI is InChI=1S/C25H22F3NO.C6H4ClNO2/c26-25(27,28)23-8-4-5-9-24(23)30-17-21-16-20(18-6-2-1-3-7-18)10-11-22(21)19-12-14-29-15-13-19;7-5-4(6(9)10)2-1-3-8-5/h1-12,16,29H,13-15,17H2;1-3H,(H,9,10). The highest BCUT2D eigenvalue weighted by atomic mass is 35.5. The molecule has 4 aromatic rings.